The second-order valence-electron chi connectivity index (χ2n) is 6.63. The lowest BCUT2D eigenvalue weighted by Crippen LogP contribution is -2.54. The summed E-state index contributed by atoms with van der Waals surface area (Å²) in [4.78, 5) is 25.5. The average molecular weight is 298 g/mol. The predicted molar refractivity (Wildman–Crippen MR) is 78.2 cm³/mol. The highest BCUT2D eigenvalue weighted by Gasteiger charge is 2.42. The summed E-state index contributed by atoms with van der Waals surface area (Å²) in [6.07, 6.45) is 4.99. The summed E-state index contributed by atoms with van der Waals surface area (Å²) in [7, 11) is 1.67. The van der Waals surface area contributed by atoms with Gasteiger partial charge in [0.15, 0.2) is 0 Å². The number of methoxy groups -OCH3 is 1. The van der Waals surface area contributed by atoms with E-state index in [1.54, 1.807) is 12.0 Å². The van der Waals surface area contributed by atoms with E-state index in [9.17, 15) is 14.7 Å². The first-order valence-corrected chi connectivity index (χ1v) is 7.72. The first-order chi connectivity index (χ1) is 9.91. The van der Waals surface area contributed by atoms with Gasteiger partial charge < -0.3 is 20.1 Å². The van der Waals surface area contributed by atoms with Crippen molar-refractivity contribution in [2.45, 2.75) is 51.0 Å². The molecule has 0 aromatic carbocycles. The molecule has 1 atom stereocenters. The van der Waals surface area contributed by atoms with E-state index in [0.717, 1.165) is 25.7 Å². The third kappa shape index (κ3) is 3.48. The summed E-state index contributed by atoms with van der Waals surface area (Å²) in [5.74, 6) is -0.791. The van der Waals surface area contributed by atoms with Crippen molar-refractivity contribution in [2.75, 3.05) is 26.7 Å². The van der Waals surface area contributed by atoms with Crippen LogP contribution < -0.4 is 5.32 Å². The summed E-state index contributed by atoms with van der Waals surface area (Å²) in [6.45, 7) is 3.48. The van der Waals surface area contributed by atoms with Crippen molar-refractivity contribution in [3.05, 3.63) is 0 Å². The third-order valence-corrected chi connectivity index (χ3v) is 5.03. The van der Waals surface area contributed by atoms with E-state index in [-0.39, 0.29) is 18.2 Å². The Balaban J connectivity index is 1.91. The molecule has 21 heavy (non-hydrogen) atoms. The summed E-state index contributed by atoms with van der Waals surface area (Å²) in [5.41, 5.74) is -1.07. The molecule has 2 rings (SSSR count). The second kappa shape index (κ2) is 6.22. The fourth-order valence-electron chi connectivity index (χ4n) is 3.42. The Labute approximate surface area is 125 Å². The topological polar surface area (TPSA) is 78.9 Å². The van der Waals surface area contributed by atoms with Crippen LogP contribution in [0.3, 0.4) is 0 Å². The molecule has 6 heteroatoms. The monoisotopic (exact) mass is 298 g/mol. The van der Waals surface area contributed by atoms with Crippen molar-refractivity contribution >= 4 is 12.0 Å². The van der Waals surface area contributed by atoms with E-state index in [1.165, 1.54) is 0 Å². The molecule has 1 aliphatic heterocycles. The normalized spacial score (nSPS) is 28.4. The van der Waals surface area contributed by atoms with Crippen LogP contribution in [0.2, 0.25) is 0 Å². The van der Waals surface area contributed by atoms with Crippen molar-refractivity contribution < 1.29 is 19.4 Å². The Morgan fingerprint density at radius 3 is 2.48 bits per heavy atom. The fraction of sp³-hybridized carbons (Fsp3) is 0.867. The number of piperidine rings is 1. The van der Waals surface area contributed by atoms with Crippen LogP contribution in [-0.4, -0.2) is 54.4 Å². The lowest BCUT2D eigenvalue weighted by molar-refractivity contribution is -0.148. The first kappa shape index (κ1) is 16.1. The Morgan fingerprint density at radius 2 is 1.90 bits per heavy atom. The van der Waals surface area contributed by atoms with E-state index in [0.29, 0.717) is 25.9 Å². The molecule has 0 aromatic rings. The molecular weight excluding hydrogens is 272 g/mol. The summed E-state index contributed by atoms with van der Waals surface area (Å²) >= 11 is 0. The summed E-state index contributed by atoms with van der Waals surface area (Å²) < 4.78 is 5.48. The molecule has 120 valence electrons. The van der Waals surface area contributed by atoms with E-state index >= 15 is 0 Å². The summed E-state index contributed by atoms with van der Waals surface area (Å²) in [6, 6.07) is -0.175. The molecule has 0 aromatic heterocycles. The van der Waals surface area contributed by atoms with Crippen LogP contribution in [0.5, 0.6) is 0 Å². The highest BCUT2D eigenvalue weighted by Crippen LogP contribution is 2.37. The van der Waals surface area contributed by atoms with Crippen molar-refractivity contribution in [2.24, 2.45) is 5.41 Å². The number of hydrogen-bond donors (Lipinski definition) is 2. The second-order valence-corrected chi connectivity index (χ2v) is 6.63. The molecule has 1 aliphatic carbocycles. The molecule has 2 aliphatic rings. The minimum atomic E-state index is -0.791. The van der Waals surface area contributed by atoms with Gasteiger partial charge in [0, 0.05) is 20.2 Å². The maximum Gasteiger partial charge on any atom is 0.317 e. The minimum Gasteiger partial charge on any atom is -0.481 e. The number of likely N-dealkylation sites (tertiary alicyclic amines) is 1. The average Bonchev–Trinajstić information content (AvgIpc) is 2.95. The van der Waals surface area contributed by atoms with E-state index < -0.39 is 11.4 Å². The number of carboxylic acids is 1. The van der Waals surface area contributed by atoms with Gasteiger partial charge in [-0.15, -0.1) is 0 Å². The van der Waals surface area contributed by atoms with Crippen molar-refractivity contribution in [1.29, 1.82) is 0 Å². The molecule has 1 saturated heterocycles. The zero-order valence-electron chi connectivity index (χ0n) is 13.0. The minimum absolute atomic E-state index is 0.175. The third-order valence-electron chi connectivity index (χ3n) is 5.03. The number of ether oxygens (including phenoxy) is 1. The van der Waals surface area contributed by atoms with Gasteiger partial charge in [-0.05, 0) is 32.6 Å². The molecule has 6 nitrogen and oxygen atoms in total. The number of amides is 2. The van der Waals surface area contributed by atoms with Crippen LogP contribution in [0.15, 0.2) is 0 Å². The quantitative estimate of drug-likeness (QED) is 0.830. The standard InChI is InChI=1S/C15H26N2O4/c1-14(21-2)6-5-9-17(11-14)13(20)16-10-15(12(18)19)7-3-4-8-15/h3-11H2,1-2H3,(H,16,20)(H,18,19). The number of nitrogens with one attached hydrogen (secondary N) is 1. The van der Waals surface area contributed by atoms with Crippen LogP contribution in [0, 0.1) is 5.41 Å². The zero-order chi connectivity index (χ0) is 15.5. The molecule has 1 saturated carbocycles. The number of carbonyl (C=O) groups excluding carboxylic acids is 1. The summed E-state index contributed by atoms with van der Waals surface area (Å²) in [5, 5.41) is 12.3. The molecule has 1 heterocycles. The number of nitrogens with zero attached hydrogens (tertiary/aromatic N) is 1. The Kier molecular flexibility index (Phi) is 4.76. The molecule has 0 spiro atoms. The van der Waals surface area contributed by atoms with Crippen LogP contribution >= 0.6 is 0 Å². The van der Waals surface area contributed by atoms with Gasteiger partial charge >= 0.3 is 12.0 Å². The van der Waals surface area contributed by atoms with E-state index in [1.807, 2.05) is 6.92 Å². The largest absolute Gasteiger partial charge is 0.481 e. The molecule has 2 N–H and O–H groups in total. The number of carboxylic acid groups (broad SMARTS) is 1. The van der Waals surface area contributed by atoms with Crippen LogP contribution in [0.1, 0.15) is 45.4 Å². The lowest BCUT2D eigenvalue weighted by atomic mass is 9.86. The maximum atomic E-state index is 12.3. The molecular formula is C15H26N2O4. The predicted octanol–water partition coefficient (Wildman–Crippen LogP) is 1.84. The zero-order valence-corrected chi connectivity index (χ0v) is 13.0. The Morgan fingerprint density at radius 1 is 1.24 bits per heavy atom. The Hall–Kier alpha value is -1.30. The van der Waals surface area contributed by atoms with Crippen LogP contribution in [-0.2, 0) is 9.53 Å². The van der Waals surface area contributed by atoms with E-state index in [2.05, 4.69) is 5.32 Å². The van der Waals surface area contributed by atoms with Crippen LogP contribution in [0.4, 0.5) is 4.79 Å². The highest BCUT2D eigenvalue weighted by molar-refractivity contribution is 5.78. The van der Waals surface area contributed by atoms with Gasteiger partial charge in [-0.25, -0.2) is 4.79 Å². The van der Waals surface area contributed by atoms with E-state index in [4.69, 9.17) is 4.74 Å². The molecule has 0 bridgehead atoms. The molecule has 2 fully saturated rings. The number of carbonyl (C=O) groups is 2. The van der Waals surface area contributed by atoms with Gasteiger partial charge in [-0.3, -0.25) is 4.79 Å². The number of aliphatic carboxylic acids is 1. The smallest absolute Gasteiger partial charge is 0.317 e. The highest BCUT2D eigenvalue weighted by atomic mass is 16.5. The molecule has 1 unspecified atom stereocenters. The van der Waals surface area contributed by atoms with Gasteiger partial charge in [0.05, 0.1) is 17.6 Å². The first-order valence-electron chi connectivity index (χ1n) is 7.72. The number of hydrogen-bond acceptors (Lipinski definition) is 3. The Bertz CT molecular complexity index is 406. The van der Waals surface area contributed by atoms with Crippen molar-refractivity contribution in [1.82, 2.24) is 10.2 Å². The van der Waals surface area contributed by atoms with Crippen molar-refractivity contribution in [3.63, 3.8) is 0 Å². The van der Waals surface area contributed by atoms with Crippen molar-refractivity contribution in [3.8, 4) is 0 Å². The van der Waals surface area contributed by atoms with Crippen LogP contribution in [0.25, 0.3) is 0 Å². The lowest BCUT2D eigenvalue weighted by Gasteiger charge is -2.39. The van der Waals surface area contributed by atoms with Gasteiger partial charge in [-0.1, -0.05) is 12.8 Å². The maximum absolute atomic E-state index is 12.3. The SMILES string of the molecule is COC1(C)CCCN(C(=O)NCC2(C(=O)O)CCCC2)C1. The molecule has 2 amide bonds. The van der Waals surface area contributed by atoms with Gasteiger partial charge in [0.1, 0.15) is 0 Å². The molecule has 0 radical (unpaired) electrons. The fourth-order valence-corrected chi connectivity index (χ4v) is 3.42. The van der Waals surface area contributed by atoms with Gasteiger partial charge in [0.25, 0.3) is 0 Å². The number of urea groups is 1. The van der Waals surface area contributed by atoms with Gasteiger partial charge in [-0.2, -0.15) is 0 Å². The number of rotatable bonds is 4. The van der Waals surface area contributed by atoms with Gasteiger partial charge in [0.2, 0.25) is 0 Å².